The molecule has 0 saturated heterocycles. The van der Waals surface area contributed by atoms with Gasteiger partial charge in [0.15, 0.2) is 0 Å². The van der Waals surface area contributed by atoms with Gasteiger partial charge in [-0.2, -0.15) is 0 Å². The van der Waals surface area contributed by atoms with Crippen molar-refractivity contribution in [3.63, 3.8) is 0 Å². The Bertz CT molecular complexity index is 3810. The molecule has 0 N–H and O–H groups in total. The topological polar surface area (TPSA) is 3.24 Å². The summed E-state index contributed by atoms with van der Waals surface area (Å²) in [5, 5.41) is 0. The van der Waals surface area contributed by atoms with Gasteiger partial charge >= 0.3 is 0 Å². The normalized spacial score (nSPS) is 17.7. The number of anilines is 3. The molecule has 0 radical (unpaired) electrons. The molecule has 0 spiro atoms. The molecule has 0 bridgehead atoms. The van der Waals surface area contributed by atoms with E-state index < -0.39 is 10.8 Å². The third-order valence-corrected chi connectivity index (χ3v) is 17.2. The molecule has 10 aromatic carbocycles. The molecule has 0 saturated carbocycles. The SMILES string of the molecule is CC(C)(C)c1ccc(C2(c3ccccc3)c3ccccc3-c3ccc(N(c4ccc5c(c4)-c4ccccc4C5(C)C)c4cccc5c4-c4ccccc4C5(c4ccccc4)c4ccc(C(C)(C)C)cc4)cc32)cc1. The van der Waals surface area contributed by atoms with Crippen molar-refractivity contribution in [2.75, 3.05) is 4.90 Å². The Balaban J connectivity index is 1.12. The van der Waals surface area contributed by atoms with Gasteiger partial charge in [-0.05, 0) is 136 Å². The van der Waals surface area contributed by atoms with Crippen LogP contribution in [0.1, 0.15) is 122 Å². The molecule has 1 nitrogen and oxygen atoms in total. The quantitative estimate of drug-likeness (QED) is 0.154. The average Bonchev–Trinajstić information content (AvgIpc) is 3.98. The Morgan fingerprint density at radius 2 is 0.703 bits per heavy atom. The highest BCUT2D eigenvalue weighted by Crippen LogP contribution is 2.62. The molecule has 0 aliphatic heterocycles. The Morgan fingerprint density at radius 1 is 0.297 bits per heavy atom. The van der Waals surface area contributed by atoms with E-state index >= 15 is 0 Å². The third-order valence-electron chi connectivity index (χ3n) is 17.2. The number of benzene rings is 10. The summed E-state index contributed by atoms with van der Waals surface area (Å²) in [5.41, 5.74) is 25.4. The van der Waals surface area contributed by atoms with Crippen molar-refractivity contribution in [1.82, 2.24) is 0 Å². The minimum absolute atomic E-state index is 0.0196. The number of nitrogens with zero attached hydrogens (tertiary/aromatic N) is 1. The van der Waals surface area contributed by atoms with Gasteiger partial charge in [0.2, 0.25) is 0 Å². The maximum Gasteiger partial charge on any atom is 0.0714 e. The highest BCUT2D eigenvalue weighted by Gasteiger charge is 2.49. The fraction of sp³-hybridized carbons (Fsp3) is 0.178. The van der Waals surface area contributed by atoms with Crippen molar-refractivity contribution in [3.05, 3.63) is 303 Å². The van der Waals surface area contributed by atoms with Crippen LogP contribution in [0.4, 0.5) is 17.1 Å². The lowest BCUT2D eigenvalue weighted by Gasteiger charge is -2.36. The summed E-state index contributed by atoms with van der Waals surface area (Å²) in [6.07, 6.45) is 0. The second-order valence-electron chi connectivity index (χ2n) is 23.6. The van der Waals surface area contributed by atoms with Crippen LogP contribution in [-0.2, 0) is 27.1 Å². The van der Waals surface area contributed by atoms with Gasteiger partial charge in [-0.1, -0.05) is 262 Å². The standard InChI is InChI=1S/C73H63N/c1-69(2,3)48-34-38-52(39-35-48)72(50-22-11-9-12-23-50)64-31-20-17-28-59(64)68-65(72)32-21-33-67(68)74(54-43-45-62-60(46-54)57-27-15-18-29-61(57)71(62,7)8)55-42-44-58-56-26-16-19-30-63(56)73(66(58)47-55,51-24-13-10-14-25-51)53-40-36-49(37-41-53)70(4,5)6/h9-47H,1-8H3. The van der Waals surface area contributed by atoms with Crippen LogP contribution in [0.5, 0.6) is 0 Å². The molecule has 10 aromatic rings. The second-order valence-corrected chi connectivity index (χ2v) is 23.6. The minimum Gasteiger partial charge on any atom is -0.310 e. The molecule has 0 amide bonds. The first-order valence-electron chi connectivity index (χ1n) is 26.6. The zero-order valence-corrected chi connectivity index (χ0v) is 44.0. The predicted octanol–water partition coefficient (Wildman–Crippen LogP) is 18.8. The van der Waals surface area contributed by atoms with E-state index in [0.717, 1.165) is 17.1 Å². The van der Waals surface area contributed by atoms with E-state index in [1.54, 1.807) is 0 Å². The molecule has 0 aromatic heterocycles. The number of hydrogen-bond acceptors (Lipinski definition) is 1. The summed E-state index contributed by atoms with van der Waals surface area (Å²) in [4.78, 5) is 2.59. The van der Waals surface area contributed by atoms with Gasteiger partial charge in [-0.3, -0.25) is 0 Å². The first kappa shape index (κ1) is 45.8. The van der Waals surface area contributed by atoms with E-state index in [2.05, 4.69) is 297 Å². The molecule has 3 aliphatic carbocycles. The molecule has 13 rings (SSSR count). The van der Waals surface area contributed by atoms with Crippen LogP contribution < -0.4 is 4.90 Å². The summed E-state index contributed by atoms with van der Waals surface area (Å²) in [6, 6.07) is 90.6. The maximum absolute atomic E-state index is 2.59. The lowest BCUT2D eigenvalue weighted by atomic mass is 9.67. The van der Waals surface area contributed by atoms with Crippen LogP contribution >= 0.6 is 0 Å². The molecule has 0 heterocycles. The van der Waals surface area contributed by atoms with Crippen LogP contribution in [0.3, 0.4) is 0 Å². The molecule has 360 valence electrons. The van der Waals surface area contributed by atoms with E-state index in [9.17, 15) is 0 Å². The van der Waals surface area contributed by atoms with Crippen LogP contribution in [0.15, 0.2) is 237 Å². The number of hydrogen-bond donors (Lipinski definition) is 0. The lowest BCUT2D eigenvalue weighted by Crippen LogP contribution is -2.29. The molecule has 2 atom stereocenters. The van der Waals surface area contributed by atoms with Gasteiger partial charge in [0.1, 0.15) is 0 Å². The van der Waals surface area contributed by atoms with Gasteiger partial charge in [0, 0.05) is 22.4 Å². The van der Waals surface area contributed by atoms with E-state index in [1.807, 2.05) is 0 Å². The van der Waals surface area contributed by atoms with E-state index in [0.29, 0.717) is 0 Å². The van der Waals surface area contributed by atoms with Crippen LogP contribution in [-0.4, -0.2) is 0 Å². The summed E-state index contributed by atoms with van der Waals surface area (Å²) in [5.74, 6) is 0. The van der Waals surface area contributed by atoms with Crippen molar-refractivity contribution in [1.29, 1.82) is 0 Å². The fourth-order valence-corrected chi connectivity index (χ4v) is 13.6. The zero-order valence-electron chi connectivity index (χ0n) is 44.0. The monoisotopic (exact) mass is 953 g/mol. The van der Waals surface area contributed by atoms with Gasteiger partial charge in [0.25, 0.3) is 0 Å². The average molecular weight is 954 g/mol. The molecule has 0 fully saturated rings. The van der Waals surface area contributed by atoms with Crippen molar-refractivity contribution < 1.29 is 0 Å². The van der Waals surface area contributed by atoms with Gasteiger partial charge in [-0.15, -0.1) is 0 Å². The van der Waals surface area contributed by atoms with Crippen LogP contribution in [0.2, 0.25) is 0 Å². The highest BCUT2D eigenvalue weighted by molar-refractivity contribution is 5.99. The van der Waals surface area contributed by atoms with Gasteiger partial charge < -0.3 is 4.90 Å². The van der Waals surface area contributed by atoms with Crippen LogP contribution in [0, 0.1) is 0 Å². The Labute approximate surface area is 438 Å². The van der Waals surface area contributed by atoms with Crippen LogP contribution in [0.25, 0.3) is 33.4 Å². The van der Waals surface area contributed by atoms with E-state index in [4.69, 9.17) is 0 Å². The van der Waals surface area contributed by atoms with Crippen molar-refractivity contribution in [3.8, 4) is 33.4 Å². The first-order valence-corrected chi connectivity index (χ1v) is 26.6. The molecule has 74 heavy (non-hydrogen) atoms. The van der Waals surface area contributed by atoms with Gasteiger partial charge in [-0.25, -0.2) is 0 Å². The molecule has 1 heteroatoms. The largest absolute Gasteiger partial charge is 0.310 e. The minimum atomic E-state index is -0.584. The summed E-state index contributed by atoms with van der Waals surface area (Å²) in [7, 11) is 0. The van der Waals surface area contributed by atoms with E-state index in [1.165, 1.54) is 100 Å². The molecular weight excluding hydrogens is 891 g/mol. The van der Waals surface area contributed by atoms with Crippen molar-refractivity contribution in [2.24, 2.45) is 0 Å². The smallest absolute Gasteiger partial charge is 0.0714 e. The van der Waals surface area contributed by atoms with E-state index in [-0.39, 0.29) is 16.2 Å². The maximum atomic E-state index is 2.59. The highest BCUT2D eigenvalue weighted by atomic mass is 15.1. The van der Waals surface area contributed by atoms with Crippen molar-refractivity contribution >= 4 is 17.1 Å². The third kappa shape index (κ3) is 6.55. The zero-order chi connectivity index (χ0) is 50.8. The molecular formula is C73H63N. The Hall–Kier alpha value is -8.00. The summed E-state index contributed by atoms with van der Waals surface area (Å²) >= 11 is 0. The predicted molar refractivity (Wildman–Crippen MR) is 311 cm³/mol. The summed E-state index contributed by atoms with van der Waals surface area (Å²) in [6.45, 7) is 18.6. The second kappa shape index (κ2) is 16.5. The van der Waals surface area contributed by atoms with Gasteiger partial charge in [0.05, 0.1) is 16.5 Å². The first-order chi connectivity index (χ1) is 35.7. The number of rotatable bonds is 7. The van der Waals surface area contributed by atoms with Crippen molar-refractivity contribution in [2.45, 2.75) is 82.5 Å². The fourth-order valence-electron chi connectivity index (χ4n) is 13.6. The number of fused-ring (bicyclic) bond motifs is 9. The Kier molecular flexibility index (Phi) is 10.2. The lowest BCUT2D eigenvalue weighted by molar-refractivity contribution is 0.589. The molecule has 2 unspecified atom stereocenters. The summed E-state index contributed by atoms with van der Waals surface area (Å²) < 4.78 is 0. The Morgan fingerprint density at radius 3 is 1.27 bits per heavy atom. The molecule has 3 aliphatic rings.